The highest BCUT2D eigenvalue weighted by Crippen LogP contribution is 2.20. The average molecular weight is 195 g/mol. The van der Waals surface area contributed by atoms with E-state index in [0.717, 1.165) is 12.0 Å². The predicted molar refractivity (Wildman–Crippen MR) is 57.7 cm³/mol. The summed E-state index contributed by atoms with van der Waals surface area (Å²) in [5, 5.41) is 3.25. The first-order valence-corrected chi connectivity index (χ1v) is 5.06. The van der Waals surface area contributed by atoms with E-state index < -0.39 is 0 Å². The fourth-order valence-electron chi connectivity index (χ4n) is 1.59. The summed E-state index contributed by atoms with van der Waals surface area (Å²) in [4.78, 5) is 0. The summed E-state index contributed by atoms with van der Waals surface area (Å²) in [5.41, 5.74) is 1.16. The molecule has 0 radical (unpaired) electrons. The molecule has 0 heterocycles. The van der Waals surface area contributed by atoms with Crippen molar-refractivity contribution in [3.8, 4) is 0 Å². The minimum absolute atomic E-state index is 0.173. The van der Waals surface area contributed by atoms with Crippen LogP contribution in [0.4, 0.5) is 4.39 Å². The van der Waals surface area contributed by atoms with Gasteiger partial charge in [0.05, 0.1) is 0 Å². The summed E-state index contributed by atoms with van der Waals surface area (Å²) in [7, 11) is 1.94. The van der Waals surface area contributed by atoms with Gasteiger partial charge in [0.25, 0.3) is 0 Å². The quantitative estimate of drug-likeness (QED) is 0.778. The van der Waals surface area contributed by atoms with Gasteiger partial charge in [-0.15, -0.1) is 0 Å². The Bertz CT molecular complexity index is 266. The molecule has 0 fully saturated rings. The molecule has 0 saturated heterocycles. The van der Waals surface area contributed by atoms with Crippen molar-refractivity contribution in [2.24, 2.45) is 5.92 Å². The fourth-order valence-corrected chi connectivity index (χ4v) is 1.59. The van der Waals surface area contributed by atoms with Gasteiger partial charge < -0.3 is 5.32 Å². The Balaban J connectivity index is 2.73. The second-order valence-corrected chi connectivity index (χ2v) is 4.02. The number of benzene rings is 1. The molecule has 0 aliphatic rings. The van der Waals surface area contributed by atoms with Crippen LogP contribution in [-0.2, 0) is 0 Å². The van der Waals surface area contributed by atoms with Crippen LogP contribution in [0.3, 0.4) is 0 Å². The molecule has 0 amide bonds. The number of hydrogen-bond acceptors (Lipinski definition) is 1. The van der Waals surface area contributed by atoms with Gasteiger partial charge in [0, 0.05) is 6.04 Å². The summed E-state index contributed by atoms with van der Waals surface area (Å²) in [6.07, 6.45) is 1.07. The minimum atomic E-state index is -0.173. The Hall–Kier alpha value is -0.890. The topological polar surface area (TPSA) is 12.0 Å². The van der Waals surface area contributed by atoms with E-state index in [-0.39, 0.29) is 5.82 Å². The van der Waals surface area contributed by atoms with Crippen LogP contribution < -0.4 is 5.32 Å². The molecule has 78 valence electrons. The molecule has 1 atom stereocenters. The second-order valence-electron chi connectivity index (χ2n) is 4.02. The zero-order valence-electron chi connectivity index (χ0n) is 9.05. The maximum atomic E-state index is 12.7. The van der Waals surface area contributed by atoms with Crippen LogP contribution in [0.2, 0.25) is 0 Å². The molecule has 0 spiro atoms. The average Bonchev–Trinajstić information content (AvgIpc) is 2.15. The smallest absolute Gasteiger partial charge is 0.123 e. The normalized spacial score (nSPS) is 13.2. The summed E-state index contributed by atoms with van der Waals surface area (Å²) < 4.78 is 12.7. The highest BCUT2D eigenvalue weighted by molar-refractivity contribution is 5.19. The van der Waals surface area contributed by atoms with E-state index in [1.54, 1.807) is 0 Å². The number of rotatable bonds is 4. The lowest BCUT2D eigenvalue weighted by Crippen LogP contribution is -2.18. The van der Waals surface area contributed by atoms with Gasteiger partial charge in [-0.2, -0.15) is 0 Å². The maximum absolute atomic E-state index is 12.7. The Morgan fingerprint density at radius 1 is 1.21 bits per heavy atom. The molecule has 0 aliphatic heterocycles. The van der Waals surface area contributed by atoms with Gasteiger partial charge in [-0.1, -0.05) is 26.0 Å². The summed E-state index contributed by atoms with van der Waals surface area (Å²) >= 11 is 0. The lowest BCUT2D eigenvalue weighted by Gasteiger charge is -2.18. The van der Waals surface area contributed by atoms with Crippen LogP contribution in [-0.4, -0.2) is 7.05 Å². The van der Waals surface area contributed by atoms with Gasteiger partial charge >= 0.3 is 0 Å². The second kappa shape index (κ2) is 5.11. The SMILES string of the molecule is CNC(CC(C)C)c1ccc(F)cc1. The van der Waals surface area contributed by atoms with Crippen LogP contribution in [0.1, 0.15) is 31.9 Å². The third kappa shape index (κ3) is 3.11. The highest BCUT2D eigenvalue weighted by Gasteiger charge is 2.10. The molecule has 1 aromatic carbocycles. The summed E-state index contributed by atoms with van der Waals surface area (Å²) in [6.45, 7) is 4.38. The van der Waals surface area contributed by atoms with E-state index in [1.807, 2.05) is 19.2 Å². The number of hydrogen-bond donors (Lipinski definition) is 1. The summed E-state index contributed by atoms with van der Waals surface area (Å²) in [6, 6.07) is 7.05. The van der Waals surface area contributed by atoms with E-state index in [0.29, 0.717) is 12.0 Å². The molecule has 14 heavy (non-hydrogen) atoms. The van der Waals surface area contributed by atoms with Gasteiger partial charge in [-0.25, -0.2) is 4.39 Å². The summed E-state index contributed by atoms with van der Waals surface area (Å²) in [5.74, 6) is 0.464. The van der Waals surface area contributed by atoms with Gasteiger partial charge in [-0.05, 0) is 37.1 Å². The van der Waals surface area contributed by atoms with Crippen LogP contribution in [0.15, 0.2) is 24.3 Å². The molecular formula is C12H18FN. The first-order chi connectivity index (χ1) is 6.63. The van der Waals surface area contributed by atoms with Crippen molar-refractivity contribution >= 4 is 0 Å². The zero-order valence-corrected chi connectivity index (χ0v) is 9.05. The monoisotopic (exact) mass is 195 g/mol. The van der Waals surface area contributed by atoms with Crippen molar-refractivity contribution in [3.05, 3.63) is 35.6 Å². The van der Waals surface area contributed by atoms with Gasteiger partial charge in [0.2, 0.25) is 0 Å². The Labute approximate surface area is 85.3 Å². The molecule has 0 aliphatic carbocycles. The molecule has 0 bridgehead atoms. The molecule has 1 unspecified atom stereocenters. The van der Waals surface area contributed by atoms with Gasteiger partial charge in [0.1, 0.15) is 5.82 Å². The van der Waals surface area contributed by atoms with Crippen LogP contribution in [0.25, 0.3) is 0 Å². The largest absolute Gasteiger partial charge is 0.313 e. The first-order valence-electron chi connectivity index (χ1n) is 5.06. The highest BCUT2D eigenvalue weighted by atomic mass is 19.1. The van der Waals surface area contributed by atoms with Crippen LogP contribution >= 0.6 is 0 Å². The molecule has 1 nitrogen and oxygen atoms in total. The first kappa shape index (κ1) is 11.2. The zero-order chi connectivity index (χ0) is 10.6. The van der Waals surface area contributed by atoms with Gasteiger partial charge in [0.15, 0.2) is 0 Å². The number of nitrogens with one attached hydrogen (secondary N) is 1. The van der Waals surface area contributed by atoms with Crippen molar-refractivity contribution in [2.75, 3.05) is 7.05 Å². The molecule has 1 rings (SSSR count). The van der Waals surface area contributed by atoms with E-state index in [1.165, 1.54) is 12.1 Å². The lowest BCUT2D eigenvalue weighted by atomic mass is 9.97. The molecule has 1 N–H and O–H groups in total. The third-order valence-electron chi connectivity index (χ3n) is 2.33. The van der Waals surface area contributed by atoms with E-state index in [9.17, 15) is 4.39 Å². The maximum Gasteiger partial charge on any atom is 0.123 e. The molecule has 0 saturated carbocycles. The van der Waals surface area contributed by atoms with Crippen LogP contribution in [0, 0.1) is 11.7 Å². The Morgan fingerprint density at radius 2 is 1.79 bits per heavy atom. The van der Waals surface area contributed by atoms with Crippen molar-refractivity contribution in [3.63, 3.8) is 0 Å². The third-order valence-corrected chi connectivity index (χ3v) is 2.33. The minimum Gasteiger partial charge on any atom is -0.313 e. The molecule has 2 heteroatoms. The number of halogens is 1. The lowest BCUT2D eigenvalue weighted by molar-refractivity contribution is 0.456. The van der Waals surface area contributed by atoms with Gasteiger partial charge in [-0.3, -0.25) is 0 Å². The molecule has 0 aromatic heterocycles. The van der Waals surface area contributed by atoms with Crippen molar-refractivity contribution in [1.29, 1.82) is 0 Å². The van der Waals surface area contributed by atoms with E-state index in [4.69, 9.17) is 0 Å². The molecule has 1 aromatic rings. The van der Waals surface area contributed by atoms with E-state index in [2.05, 4.69) is 19.2 Å². The molecular weight excluding hydrogens is 177 g/mol. The van der Waals surface area contributed by atoms with Crippen molar-refractivity contribution < 1.29 is 4.39 Å². The Kier molecular flexibility index (Phi) is 4.08. The van der Waals surface area contributed by atoms with Crippen LogP contribution in [0.5, 0.6) is 0 Å². The van der Waals surface area contributed by atoms with Crippen molar-refractivity contribution in [1.82, 2.24) is 5.32 Å². The van der Waals surface area contributed by atoms with E-state index >= 15 is 0 Å². The van der Waals surface area contributed by atoms with Crippen molar-refractivity contribution in [2.45, 2.75) is 26.3 Å². The fraction of sp³-hybridized carbons (Fsp3) is 0.500. The Morgan fingerprint density at radius 3 is 2.21 bits per heavy atom. The predicted octanol–water partition coefficient (Wildman–Crippen LogP) is 3.13. The standard InChI is InChI=1S/C12H18FN/c1-9(2)8-12(14-3)10-4-6-11(13)7-5-10/h4-7,9,12,14H,8H2,1-3H3.